The van der Waals surface area contributed by atoms with Crippen molar-refractivity contribution in [3.05, 3.63) is 18.5 Å². The Kier molecular flexibility index (Phi) is 5.94. The van der Waals surface area contributed by atoms with E-state index in [1.807, 2.05) is 0 Å². The van der Waals surface area contributed by atoms with E-state index in [0.717, 1.165) is 25.9 Å². The zero-order chi connectivity index (χ0) is 12.1. The summed E-state index contributed by atoms with van der Waals surface area (Å²) in [4.78, 5) is 7.47. The minimum atomic E-state index is -3.56. The molecule has 102 valence electrons. The molecule has 1 unspecified atom stereocenters. The first-order valence-corrected chi connectivity index (χ1v) is 7.14. The molecule has 1 saturated heterocycles. The van der Waals surface area contributed by atoms with Gasteiger partial charge in [0, 0.05) is 18.9 Å². The van der Waals surface area contributed by atoms with Crippen LogP contribution in [0, 0.1) is 5.92 Å². The number of aromatic nitrogens is 2. The predicted octanol–water partition coefficient (Wildman–Crippen LogP) is 0.176. The van der Waals surface area contributed by atoms with Gasteiger partial charge in [-0.25, -0.2) is 23.1 Å². The Morgan fingerprint density at radius 2 is 2.11 bits per heavy atom. The Balaban J connectivity index is 0.00000162. The molecule has 1 atom stereocenters. The van der Waals surface area contributed by atoms with Gasteiger partial charge in [-0.1, -0.05) is 0 Å². The minimum absolute atomic E-state index is 0. The maximum Gasteiger partial charge on any atom is 0.276 e. The molecule has 1 aliphatic heterocycles. The van der Waals surface area contributed by atoms with Crippen LogP contribution in [0.3, 0.4) is 0 Å². The standard InChI is InChI=1S/C10H16N4O2S.ClH/c15-17(16,10-12-5-2-6-13-10)14-8-9-3-1-4-11-7-9;/h2,5-6,9,11,14H,1,3-4,7-8H2;1H. The second-order valence-corrected chi connectivity index (χ2v) is 5.76. The molecule has 0 bridgehead atoms. The summed E-state index contributed by atoms with van der Waals surface area (Å²) in [6.07, 6.45) is 4.98. The number of piperidine rings is 1. The second kappa shape index (κ2) is 6.98. The lowest BCUT2D eigenvalue weighted by atomic mass is 10.0. The van der Waals surface area contributed by atoms with E-state index in [-0.39, 0.29) is 17.6 Å². The van der Waals surface area contributed by atoms with Gasteiger partial charge in [-0.3, -0.25) is 0 Å². The van der Waals surface area contributed by atoms with Crippen molar-refractivity contribution in [2.24, 2.45) is 5.92 Å². The van der Waals surface area contributed by atoms with Gasteiger partial charge in [-0.15, -0.1) is 12.4 Å². The number of hydrogen-bond donors (Lipinski definition) is 2. The fraction of sp³-hybridized carbons (Fsp3) is 0.600. The molecule has 8 heteroatoms. The number of nitrogens with one attached hydrogen (secondary N) is 2. The zero-order valence-electron chi connectivity index (χ0n) is 9.87. The normalized spacial score (nSPS) is 20.1. The molecule has 0 aromatic carbocycles. The summed E-state index contributed by atoms with van der Waals surface area (Å²) in [6, 6.07) is 1.59. The second-order valence-electron chi connectivity index (χ2n) is 4.10. The van der Waals surface area contributed by atoms with Crippen LogP contribution in [0.5, 0.6) is 0 Å². The van der Waals surface area contributed by atoms with Gasteiger partial charge in [0.05, 0.1) is 0 Å². The molecule has 1 aromatic heterocycles. The van der Waals surface area contributed by atoms with Crippen LogP contribution < -0.4 is 10.0 Å². The van der Waals surface area contributed by atoms with Gasteiger partial charge in [-0.05, 0) is 37.9 Å². The number of rotatable bonds is 4. The topological polar surface area (TPSA) is 84.0 Å². The molecule has 2 heterocycles. The van der Waals surface area contributed by atoms with E-state index >= 15 is 0 Å². The summed E-state index contributed by atoms with van der Waals surface area (Å²) >= 11 is 0. The van der Waals surface area contributed by atoms with Gasteiger partial charge in [0.25, 0.3) is 15.2 Å². The van der Waals surface area contributed by atoms with Gasteiger partial charge >= 0.3 is 0 Å². The van der Waals surface area contributed by atoms with Gasteiger partial charge in [0.1, 0.15) is 0 Å². The molecule has 1 aliphatic rings. The molecule has 2 N–H and O–H groups in total. The van der Waals surface area contributed by atoms with Crippen molar-refractivity contribution in [3.63, 3.8) is 0 Å². The Morgan fingerprint density at radius 1 is 1.39 bits per heavy atom. The van der Waals surface area contributed by atoms with E-state index in [4.69, 9.17) is 0 Å². The van der Waals surface area contributed by atoms with Crippen molar-refractivity contribution in [2.45, 2.75) is 18.0 Å². The molecule has 1 fully saturated rings. The molecule has 18 heavy (non-hydrogen) atoms. The van der Waals surface area contributed by atoms with E-state index in [0.29, 0.717) is 12.5 Å². The summed E-state index contributed by atoms with van der Waals surface area (Å²) in [5.74, 6) is 0.349. The number of nitrogens with zero attached hydrogens (tertiary/aromatic N) is 2. The van der Waals surface area contributed by atoms with E-state index in [1.165, 1.54) is 12.4 Å². The number of hydrogen-bond acceptors (Lipinski definition) is 5. The van der Waals surface area contributed by atoms with Crippen LogP contribution in [0.1, 0.15) is 12.8 Å². The third-order valence-corrected chi connectivity index (χ3v) is 3.98. The van der Waals surface area contributed by atoms with Crippen molar-refractivity contribution in [3.8, 4) is 0 Å². The van der Waals surface area contributed by atoms with Crippen LogP contribution >= 0.6 is 12.4 Å². The quantitative estimate of drug-likeness (QED) is 0.773. The highest BCUT2D eigenvalue weighted by molar-refractivity contribution is 7.89. The van der Waals surface area contributed by atoms with Crippen LogP contribution in [0.25, 0.3) is 0 Å². The van der Waals surface area contributed by atoms with E-state index < -0.39 is 10.0 Å². The van der Waals surface area contributed by atoms with Crippen LogP contribution in [-0.4, -0.2) is 38.0 Å². The zero-order valence-corrected chi connectivity index (χ0v) is 11.5. The lowest BCUT2D eigenvalue weighted by molar-refractivity contribution is 0.375. The van der Waals surface area contributed by atoms with Gasteiger partial charge < -0.3 is 5.32 Å². The summed E-state index contributed by atoms with van der Waals surface area (Å²) in [6.45, 7) is 2.32. The molecular weight excluding hydrogens is 276 g/mol. The van der Waals surface area contributed by atoms with Gasteiger partial charge in [0.15, 0.2) is 0 Å². The Hall–Kier alpha value is -0.760. The fourth-order valence-electron chi connectivity index (χ4n) is 1.81. The maximum absolute atomic E-state index is 11.8. The highest BCUT2D eigenvalue weighted by Crippen LogP contribution is 2.09. The summed E-state index contributed by atoms with van der Waals surface area (Å²) in [7, 11) is -3.56. The predicted molar refractivity (Wildman–Crippen MR) is 70.1 cm³/mol. The molecule has 0 amide bonds. The lowest BCUT2D eigenvalue weighted by Crippen LogP contribution is -2.38. The Labute approximate surface area is 113 Å². The highest BCUT2D eigenvalue weighted by atomic mass is 35.5. The number of sulfonamides is 1. The van der Waals surface area contributed by atoms with Crippen molar-refractivity contribution in [1.82, 2.24) is 20.0 Å². The Bertz CT molecular complexity index is 448. The molecule has 0 radical (unpaired) electrons. The van der Waals surface area contributed by atoms with Crippen molar-refractivity contribution < 1.29 is 8.42 Å². The summed E-state index contributed by atoms with van der Waals surface area (Å²) < 4.78 is 26.2. The molecular formula is C10H17ClN4O2S. The number of halogens is 1. The third kappa shape index (κ3) is 4.16. The summed E-state index contributed by atoms with van der Waals surface area (Å²) in [5.41, 5.74) is 0. The SMILES string of the molecule is Cl.O=S(=O)(NCC1CCCNC1)c1ncccn1. The van der Waals surface area contributed by atoms with E-state index in [2.05, 4.69) is 20.0 Å². The van der Waals surface area contributed by atoms with Crippen LogP contribution in [-0.2, 0) is 10.0 Å². The molecule has 0 spiro atoms. The van der Waals surface area contributed by atoms with Crippen molar-refractivity contribution in [2.75, 3.05) is 19.6 Å². The van der Waals surface area contributed by atoms with Crippen molar-refractivity contribution in [1.29, 1.82) is 0 Å². The van der Waals surface area contributed by atoms with E-state index in [9.17, 15) is 8.42 Å². The van der Waals surface area contributed by atoms with Crippen LogP contribution in [0.15, 0.2) is 23.6 Å². The van der Waals surface area contributed by atoms with Crippen LogP contribution in [0.4, 0.5) is 0 Å². The smallest absolute Gasteiger partial charge is 0.276 e. The average molecular weight is 293 g/mol. The molecule has 2 rings (SSSR count). The first-order chi connectivity index (χ1) is 8.18. The van der Waals surface area contributed by atoms with Crippen molar-refractivity contribution >= 4 is 22.4 Å². The minimum Gasteiger partial charge on any atom is -0.316 e. The van der Waals surface area contributed by atoms with E-state index in [1.54, 1.807) is 6.07 Å². The summed E-state index contributed by atoms with van der Waals surface area (Å²) in [5, 5.41) is 3.08. The van der Waals surface area contributed by atoms with Crippen LogP contribution in [0.2, 0.25) is 0 Å². The molecule has 0 saturated carbocycles. The third-order valence-electron chi connectivity index (χ3n) is 2.74. The Morgan fingerprint density at radius 3 is 2.72 bits per heavy atom. The average Bonchev–Trinajstić information content (AvgIpc) is 2.39. The molecule has 0 aliphatic carbocycles. The lowest BCUT2D eigenvalue weighted by Gasteiger charge is -2.22. The molecule has 6 nitrogen and oxygen atoms in total. The highest BCUT2D eigenvalue weighted by Gasteiger charge is 2.20. The van der Waals surface area contributed by atoms with Gasteiger partial charge in [-0.2, -0.15) is 0 Å². The van der Waals surface area contributed by atoms with Gasteiger partial charge in [0.2, 0.25) is 0 Å². The molecule has 1 aromatic rings. The first-order valence-electron chi connectivity index (χ1n) is 5.66. The first kappa shape index (κ1) is 15.3. The monoisotopic (exact) mass is 292 g/mol. The largest absolute Gasteiger partial charge is 0.316 e. The maximum atomic E-state index is 11.8. The fourth-order valence-corrected chi connectivity index (χ4v) is 2.80.